The van der Waals surface area contributed by atoms with Gasteiger partial charge in [-0.05, 0) is 175 Å². The molecule has 3 aliphatic rings. The van der Waals surface area contributed by atoms with Gasteiger partial charge in [0.15, 0.2) is 11.6 Å². The summed E-state index contributed by atoms with van der Waals surface area (Å²) < 4.78 is 179. The Morgan fingerprint density at radius 1 is 0.413 bits per heavy atom. The fourth-order valence-corrected chi connectivity index (χ4v) is 13.8. The van der Waals surface area contributed by atoms with Gasteiger partial charge in [-0.25, -0.2) is 46.0 Å². The number of aliphatic hydroxyl groups is 1. The summed E-state index contributed by atoms with van der Waals surface area (Å²) in [6.45, 7) is 23.0. The van der Waals surface area contributed by atoms with Gasteiger partial charge in [-0.2, -0.15) is 93.0 Å². The number of morpholine rings is 2. The number of ether oxygens (including phenoxy) is 2. The Bertz CT molecular complexity index is 6180. The smallest absolute Gasteiger partial charge is 0.395 e. The third kappa shape index (κ3) is 36.6. The van der Waals surface area contributed by atoms with Gasteiger partial charge in [-0.1, -0.05) is 24.3 Å². The normalized spacial score (nSPS) is 14.5. The highest BCUT2D eigenvalue weighted by atomic mass is 19.4. The highest BCUT2D eigenvalue weighted by molar-refractivity contribution is 5.82. The number of hydrogen-bond acceptors (Lipinski definition) is 35. The maximum absolute atomic E-state index is 13.6. The number of Topliss-reactive ketones (excluding diaryl/α,β-unsaturated/α-hetero) is 1. The Hall–Kier alpha value is -15.4. The van der Waals surface area contributed by atoms with Gasteiger partial charge in [0.1, 0.15) is 23.2 Å². The van der Waals surface area contributed by atoms with Crippen molar-refractivity contribution < 1.29 is 76.5 Å². The quantitative estimate of drug-likeness (QED) is 0.00751. The molecule has 143 heavy (non-hydrogen) atoms. The second kappa shape index (κ2) is 52.2. The molecule has 3 aliphatic heterocycles. The topological polar surface area (TPSA) is 405 Å². The van der Waals surface area contributed by atoms with Crippen LogP contribution < -0.4 is 63.8 Å². The number of pyridine rings is 4. The lowest BCUT2D eigenvalue weighted by molar-refractivity contribution is -0.138. The number of ketones is 1. The van der Waals surface area contributed by atoms with Crippen LogP contribution in [0.1, 0.15) is 88.8 Å². The maximum atomic E-state index is 13.6. The number of hydrazone groups is 4. The van der Waals surface area contributed by atoms with Crippen molar-refractivity contribution in [2.24, 2.45) is 20.4 Å². The monoisotopic (exact) mass is 1990 g/mol. The van der Waals surface area contributed by atoms with Crippen molar-refractivity contribution in [1.82, 2.24) is 74.5 Å². The molecule has 35 nitrogen and oxygen atoms in total. The molecule has 0 radical (unpaired) electrons. The lowest BCUT2D eigenvalue weighted by Gasteiger charge is -2.35. The number of aryl methyl sites for hydroxylation is 3. The van der Waals surface area contributed by atoms with Crippen LogP contribution in [-0.4, -0.2) is 234 Å². The molecule has 12 aromatic rings. The number of hydrogen-bond donors (Lipinski definition) is 12. The second-order valence-electron chi connectivity index (χ2n) is 32.3. The Balaban J connectivity index is 0.000000170. The van der Waals surface area contributed by atoms with Crippen LogP contribution in [0.3, 0.4) is 0 Å². The number of piperazine rings is 1. The summed E-state index contributed by atoms with van der Waals surface area (Å²) in [6, 6.07) is 38.8. The Morgan fingerprint density at radius 3 is 1.15 bits per heavy atom. The van der Waals surface area contributed by atoms with Crippen molar-refractivity contribution in [1.29, 1.82) is 0 Å². The number of carbonyl (C=O) groups is 1. The van der Waals surface area contributed by atoms with Gasteiger partial charge in [0.2, 0.25) is 23.8 Å². The van der Waals surface area contributed by atoms with Gasteiger partial charge in [0.25, 0.3) is 0 Å². The molecular weight excluding hydrogens is 1890 g/mol. The molecule has 8 aromatic heterocycles. The number of alkyl halides is 12. The molecule has 11 heterocycles. The summed E-state index contributed by atoms with van der Waals surface area (Å²) >= 11 is 0. The lowest BCUT2D eigenvalue weighted by atomic mass is 10.2. The first-order valence-electron chi connectivity index (χ1n) is 44.9. The van der Waals surface area contributed by atoms with Crippen molar-refractivity contribution >= 4 is 123 Å². The number of anilines is 16. The summed E-state index contributed by atoms with van der Waals surface area (Å²) in [5, 5.41) is 46.3. The van der Waals surface area contributed by atoms with E-state index in [1.54, 1.807) is 66.7 Å². The van der Waals surface area contributed by atoms with Gasteiger partial charge >= 0.3 is 24.7 Å². The third-order valence-corrected chi connectivity index (χ3v) is 20.8. The van der Waals surface area contributed by atoms with Gasteiger partial charge < -0.3 is 56.7 Å². The van der Waals surface area contributed by atoms with E-state index < -0.39 is 52.8 Å². The van der Waals surface area contributed by atoms with Crippen LogP contribution in [0.5, 0.6) is 0 Å². The van der Waals surface area contributed by atoms with Crippen LogP contribution in [-0.2, 0) is 39.0 Å². The van der Waals surface area contributed by atoms with E-state index in [1.807, 2.05) is 39.0 Å². The standard InChI is InChI=1S/C26H31F3N8O.C25H29F3N8O.C24H27F3N8O.C20H17F4N7O/c1-18-13-24(30-9-4-10-37-11-12-38-19(2)17-37)35-25(33-18)36-32-16-22-7-8-23(15-31-22)34-21-6-3-5-20(14-21)26(27,28)29;1-18-14-23(29-8-3-9-36-10-12-37-13-11-36)34-24(32-18)35-31-17-21-6-7-22(16-30-21)33-20-5-2-4-19(15-20)25(26,27)28;1-17-13-22(35-9-7-34(8-10-35)11-12-36)32-23(30-17)33-29-16-20-5-6-21(15-28-20)31-19-4-2-3-18(14-19)24(25,26)27;1-12(32)8-26-18-17(21)11-27-19(30-18)31-28-10-15-5-6-16(9-25-15)29-14-4-2-3-13(7-14)20(22,23)24/h3,5-8,13-16,19,34H,4,9-12,17H2,1-2H3,(H2,30,33,35,36);2,4-7,14-17,33H,3,8-13H2,1H3,(H2,29,32,34,35);2-6,13-16,31,36H,7-12H2,1H3,(H,30,32,33);2-7,9-11,29H,8H2,1H3,(H2,26,27,30,31)/b32-16+;31-17+;29-16+;28-10+. The maximum Gasteiger partial charge on any atom is 0.416 e. The van der Waals surface area contributed by atoms with Crippen molar-refractivity contribution in [2.75, 3.05) is 182 Å². The molecule has 0 spiro atoms. The van der Waals surface area contributed by atoms with E-state index in [2.05, 4.69) is 166 Å². The average Bonchev–Trinajstić information content (AvgIpc) is 0.831. The predicted octanol–water partition coefficient (Wildman–Crippen LogP) is 17.2. The molecule has 15 rings (SSSR count). The minimum absolute atomic E-state index is 0.00321. The zero-order valence-corrected chi connectivity index (χ0v) is 78.0. The highest BCUT2D eigenvalue weighted by Gasteiger charge is 2.34. The number of nitrogens with zero attached hydrogens (tertiary/aromatic N) is 20. The zero-order chi connectivity index (χ0) is 102. The van der Waals surface area contributed by atoms with Crippen molar-refractivity contribution in [3.8, 4) is 0 Å². The van der Waals surface area contributed by atoms with Crippen molar-refractivity contribution in [3.05, 3.63) is 263 Å². The Morgan fingerprint density at radius 2 is 0.783 bits per heavy atom. The van der Waals surface area contributed by atoms with E-state index in [1.165, 1.54) is 86.9 Å². The van der Waals surface area contributed by atoms with Crippen LogP contribution >= 0.6 is 0 Å². The van der Waals surface area contributed by atoms with Crippen LogP contribution in [0.15, 0.2) is 215 Å². The van der Waals surface area contributed by atoms with Crippen LogP contribution in [0.4, 0.5) is 150 Å². The molecule has 754 valence electrons. The number of halogens is 13. The average molecular weight is 1990 g/mol. The fourth-order valence-electron chi connectivity index (χ4n) is 13.8. The van der Waals surface area contributed by atoms with Crippen molar-refractivity contribution in [2.45, 2.75) is 78.3 Å². The number of aromatic nitrogens is 12. The third-order valence-electron chi connectivity index (χ3n) is 20.8. The molecule has 4 aromatic carbocycles. The van der Waals surface area contributed by atoms with Gasteiger partial charge in [0.05, 0.1) is 163 Å². The second-order valence-corrected chi connectivity index (χ2v) is 32.3. The molecule has 0 saturated carbocycles. The molecule has 0 bridgehead atoms. The largest absolute Gasteiger partial charge is 0.416 e. The number of aliphatic hydroxyl groups excluding tert-OH is 1. The zero-order valence-electron chi connectivity index (χ0n) is 78.0. The molecule has 1 unspecified atom stereocenters. The van der Waals surface area contributed by atoms with Gasteiger partial charge in [0, 0.05) is 137 Å². The van der Waals surface area contributed by atoms with Crippen molar-refractivity contribution in [3.63, 3.8) is 0 Å². The molecule has 3 saturated heterocycles. The van der Waals surface area contributed by atoms with Crippen LogP contribution in [0, 0.1) is 26.6 Å². The van der Waals surface area contributed by atoms with Gasteiger partial charge in [-0.3, -0.25) is 39.4 Å². The van der Waals surface area contributed by atoms with Crippen LogP contribution in [0.2, 0.25) is 0 Å². The first-order chi connectivity index (χ1) is 68.6. The first kappa shape index (κ1) is 106. The lowest BCUT2D eigenvalue weighted by Crippen LogP contribution is -2.47. The predicted molar refractivity (Wildman–Crippen MR) is 523 cm³/mol. The molecule has 3 fully saturated rings. The van der Waals surface area contributed by atoms with E-state index in [4.69, 9.17) is 14.6 Å². The van der Waals surface area contributed by atoms with E-state index in [0.717, 1.165) is 195 Å². The minimum atomic E-state index is -4.43. The minimum Gasteiger partial charge on any atom is -0.395 e. The van der Waals surface area contributed by atoms with E-state index >= 15 is 0 Å². The molecule has 0 amide bonds. The fraction of sp³-hybridized carbons (Fsp3) is 0.316. The van der Waals surface area contributed by atoms with E-state index in [9.17, 15) is 61.9 Å². The number of nitrogens with one attached hydrogen (secondary N) is 11. The SMILES string of the molecule is CC(=O)CNc1nc(N/N=C/c2ccc(Nc3cccc(C(F)(F)F)c3)cn2)ncc1F.Cc1cc(N2CCN(CCO)CC2)nc(N/N=C/c2ccc(Nc3cccc(C(F)(F)F)c3)cn2)n1.Cc1cc(NCCCN2CCOC(C)C2)nc(N/N=C/c2ccc(Nc3cccc(C(F)(F)F)c3)cn2)n1.Cc1cc(NCCCN2CCOCC2)nc(N/N=C/c2ccc(Nc3cccc(C(F)(F)F)c3)cn2)n1. The summed E-state index contributed by atoms with van der Waals surface area (Å²) in [6.07, 6.45) is -2.58. The summed E-state index contributed by atoms with van der Waals surface area (Å²) in [7, 11) is 0. The van der Waals surface area contributed by atoms with E-state index in [-0.39, 0.29) is 42.5 Å². The van der Waals surface area contributed by atoms with Crippen LogP contribution in [0.25, 0.3) is 0 Å². The molecular formula is C95H104F13N31O4. The summed E-state index contributed by atoms with van der Waals surface area (Å²) in [5.41, 5.74) is 15.9. The molecule has 12 N–H and O–H groups in total. The molecule has 0 aliphatic carbocycles. The Kier molecular flexibility index (Phi) is 38.9. The van der Waals surface area contributed by atoms with E-state index in [0.29, 0.717) is 92.8 Å². The van der Waals surface area contributed by atoms with Gasteiger partial charge in [-0.15, -0.1) is 0 Å². The molecule has 1 atom stereocenters. The number of benzene rings is 4. The number of carbonyl (C=O) groups excluding carboxylic acids is 1. The number of rotatable bonds is 36. The number of β-amino-alcohol motifs (C(OH)–C–C–N with tert-alkyl or cyclic N) is 1. The highest BCUT2D eigenvalue weighted by Crippen LogP contribution is 2.36. The summed E-state index contributed by atoms with van der Waals surface area (Å²) in [4.78, 5) is 71.2. The Labute approximate surface area is 813 Å². The first-order valence-corrected chi connectivity index (χ1v) is 44.9. The molecule has 48 heteroatoms. The summed E-state index contributed by atoms with van der Waals surface area (Å²) in [5.74, 6) is 2.27.